The Balaban J connectivity index is 2.26. The lowest BCUT2D eigenvalue weighted by atomic mass is 10.1. The highest BCUT2D eigenvalue weighted by atomic mass is 16.5. The van der Waals surface area contributed by atoms with Gasteiger partial charge < -0.3 is 20.1 Å². The standard InChI is InChI=1S/C18H31N3O2/c1-4-19-18(21-14-7-15-23-5-2)20-13-6-8-16-9-11-17(22-3)12-10-16/h9-12H,4-8,13-15H2,1-3H3,(H2,19,20,21). The molecule has 0 unspecified atom stereocenters. The van der Waals surface area contributed by atoms with Crippen LogP contribution in [0.25, 0.3) is 0 Å². The summed E-state index contributed by atoms with van der Waals surface area (Å²) in [7, 11) is 1.69. The molecule has 0 atom stereocenters. The van der Waals surface area contributed by atoms with Gasteiger partial charge in [-0.05, 0) is 50.8 Å². The second-order valence-corrected chi connectivity index (χ2v) is 5.19. The molecule has 1 rings (SSSR count). The molecule has 0 fully saturated rings. The van der Waals surface area contributed by atoms with E-state index in [1.807, 2.05) is 19.1 Å². The molecule has 2 N–H and O–H groups in total. The fourth-order valence-corrected chi connectivity index (χ4v) is 2.13. The van der Waals surface area contributed by atoms with Gasteiger partial charge in [0.2, 0.25) is 0 Å². The highest BCUT2D eigenvalue weighted by Crippen LogP contribution is 2.12. The number of aliphatic imine (C=N–C) groups is 1. The summed E-state index contributed by atoms with van der Waals surface area (Å²) in [6, 6.07) is 8.23. The second-order valence-electron chi connectivity index (χ2n) is 5.19. The lowest BCUT2D eigenvalue weighted by Crippen LogP contribution is -2.38. The quantitative estimate of drug-likeness (QED) is 0.374. The third kappa shape index (κ3) is 9.08. The Morgan fingerprint density at radius 1 is 1.09 bits per heavy atom. The number of hydrogen-bond donors (Lipinski definition) is 2. The molecule has 0 aromatic heterocycles. The molecule has 5 nitrogen and oxygen atoms in total. The van der Waals surface area contributed by atoms with Gasteiger partial charge >= 0.3 is 0 Å². The van der Waals surface area contributed by atoms with Gasteiger partial charge in [0.15, 0.2) is 5.96 Å². The highest BCUT2D eigenvalue weighted by Gasteiger charge is 1.98. The van der Waals surface area contributed by atoms with Gasteiger partial charge in [-0.1, -0.05) is 12.1 Å². The normalized spacial score (nSPS) is 11.3. The van der Waals surface area contributed by atoms with Crippen molar-refractivity contribution in [1.29, 1.82) is 0 Å². The zero-order valence-electron chi connectivity index (χ0n) is 14.7. The smallest absolute Gasteiger partial charge is 0.191 e. The zero-order valence-corrected chi connectivity index (χ0v) is 14.7. The van der Waals surface area contributed by atoms with Crippen LogP contribution in [-0.2, 0) is 11.2 Å². The molecule has 5 heteroatoms. The third-order valence-corrected chi connectivity index (χ3v) is 3.36. The fraction of sp³-hybridized carbons (Fsp3) is 0.611. The van der Waals surface area contributed by atoms with Crippen LogP contribution in [0.4, 0.5) is 0 Å². The van der Waals surface area contributed by atoms with Crippen molar-refractivity contribution < 1.29 is 9.47 Å². The highest BCUT2D eigenvalue weighted by molar-refractivity contribution is 5.79. The van der Waals surface area contributed by atoms with Gasteiger partial charge in [-0.3, -0.25) is 4.99 Å². The zero-order chi connectivity index (χ0) is 16.8. The molecule has 0 spiro atoms. The molecule has 130 valence electrons. The lowest BCUT2D eigenvalue weighted by Gasteiger charge is -2.11. The largest absolute Gasteiger partial charge is 0.497 e. The van der Waals surface area contributed by atoms with Crippen molar-refractivity contribution in [1.82, 2.24) is 10.6 Å². The van der Waals surface area contributed by atoms with Gasteiger partial charge in [0.25, 0.3) is 0 Å². The van der Waals surface area contributed by atoms with Crippen LogP contribution < -0.4 is 15.4 Å². The monoisotopic (exact) mass is 321 g/mol. The molecule has 0 heterocycles. The number of nitrogens with zero attached hydrogens (tertiary/aromatic N) is 1. The van der Waals surface area contributed by atoms with Crippen molar-refractivity contribution in [3.8, 4) is 5.75 Å². The van der Waals surface area contributed by atoms with Gasteiger partial charge in [0.05, 0.1) is 7.11 Å². The SMILES string of the molecule is CCNC(=NCCCc1ccc(OC)cc1)NCCCOCC. The van der Waals surface area contributed by atoms with Gasteiger partial charge in [-0.2, -0.15) is 0 Å². The van der Waals surface area contributed by atoms with Gasteiger partial charge in [-0.25, -0.2) is 0 Å². The maximum absolute atomic E-state index is 5.33. The minimum Gasteiger partial charge on any atom is -0.497 e. The van der Waals surface area contributed by atoms with E-state index in [1.165, 1.54) is 5.56 Å². The van der Waals surface area contributed by atoms with E-state index in [0.717, 1.165) is 63.8 Å². The van der Waals surface area contributed by atoms with Crippen LogP contribution in [0.1, 0.15) is 32.3 Å². The summed E-state index contributed by atoms with van der Waals surface area (Å²) in [6.07, 6.45) is 3.04. The molecule has 0 aliphatic carbocycles. The summed E-state index contributed by atoms with van der Waals surface area (Å²) in [5.74, 6) is 1.79. The van der Waals surface area contributed by atoms with Crippen LogP contribution in [0.5, 0.6) is 5.75 Å². The van der Waals surface area contributed by atoms with Gasteiger partial charge in [0.1, 0.15) is 5.75 Å². The summed E-state index contributed by atoms with van der Waals surface area (Å²) in [5, 5.41) is 6.60. The average molecular weight is 321 g/mol. The Kier molecular flexibility index (Phi) is 10.7. The maximum Gasteiger partial charge on any atom is 0.191 e. The van der Waals surface area contributed by atoms with E-state index in [-0.39, 0.29) is 0 Å². The Morgan fingerprint density at radius 3 is 2.52 bits per heavy atom. The van der Waals surface area contributed by atoms with E-state index in [0.29, 0.717) is 0 Å². The van der Waals surface area contributed by atoms with Crippen LogP contribution in [0.2, 0.25) is 0 Å². The fourth-order valence-electron chi connectivity index (χ4n) is 2.13. The van der Waals surface area contributed by atoms with Crippen molar-refractivity contribution >= 4 is 5.96 Å². The van der Waals surface area contributed by atoms with Crippen molar-refractivity contribution in [3.05, 3.63) is 29.8 Å². The van der Waals surface area contributed by atoms with E-state index in [9.17, 15) is 0 Å². The molecule has 1 aromatic rings. The van der Waals surface area contributed by atoms with Crippen molar-refractivity contribution in [2.24, 2.45) is 4.99 Å². The van der Waals surface area contributed by atoms with E-state index in [2.05, 4.69) is 34.7 Å². The predicted molar refractivity (Wildman–Crippen MR) is 96.4 cm³/mol. The molecule has 0 saturated heterocycles. The lowest BCUT2D eigenvalue weighted by molar-refractivity contribution is 0.145. The first-order chi connectivity index (χ1) is 11.3. The van der Waals surface area contributed by atoms with Crippen molar-refractivity contribution in [3.63, 3.8) is 0 Å². The van der Waals surface area contributed by atoms with E-state index in [4.69, 9.17) is 9.47 Å². The molecule has 0 saturated carbocycles. The number of benzene rings is 1. The molecular weight excluding hydrogens is 290 g/mol. The third-order valence-electron chi connectivity index (χ3n) is 3.36. The first kappa shape index (κ1) is 19.3. The Hall–Kier alpha value is -1.75. The Bertz CT molecular complexity index is 432. The molecule has 23 heavy (non-hydrogen) atoms. The summed E-state index contributed by atoms with van der Waals surface area (Å²) < 4.78 is 10.5. The first-order valence-electron chi connectivity index (χ1n) is 8.53. The van der Waals surface area contributed by atoms with Crippen LogP contribution >= 0.6 is 0 Å². The number of nitrogens with one attached hydrogen (secondary N) is 2. The number of aryl methyl sites for hydroxylation is 1. The van der Waals surface area contributed by atoms with Crippen LogP contribution in [0.3, 0.4) is 0 Å². The number of methoxy groups -OCH3 is 1. The maximum atomic E-state index is 5.33. The number of rotatable bonds is 11. The molecule has 0 bridgehead atoms. The van der Waals surface area contributed by atoms with Gasteiger partial charge in [-0.15, -0.1) is 0 Å². The van der Waals surface area contributed by atoms with Crippen molar-refractivity contribution in [2.45, 2.75) is 33.1 Å². The Labute approximate surface area is 140 Å². The molecule has 0 aliphatic rings. The van der Waals surface area contributed by atoms with Crippen molar-refractivity contribution in [2.75, 3.05) is 40.0 Å². The summed E-state index contributed by atoms with van der Waals surface area (Å²) in [5.41, 5.74) is 1.32. The molecule has 0 radical (unpaired) electrons. The summed E-state index contributed by atoms with van der Waals surface area (Å²) >= 11 is 0. The summed E-state index contributed by atoms with van der Waals surface area (Å²) in [6.45, 7) is 8.23. The van der Waals surface area contributed by atoms with E-state index < -0.39 is 0 Å². The van der Waals surface area contributed by atoms with Crippen LogP contribution in [0, 0.1) is 0 Å². The minimum atomic E-state index is 0.777. The number of hydrogen-bond acceptors (Lipinski definition) is 3. The minimum absolute atomic E-state index is 0.777. The van der Waals surface area contributed by atoms with E-state index in [1.54, 1.807) is 7.11 Å². The topological polar surface area (TPSA) is 54.9 Å². The molecule has 0 amide bonds. The van der Waals surface area contributed by atoms with Gasteiger partial charge in [0, 0.05) is 32.8 Å². The van der Waals surface area contributed by atoms with E-state index >= 15 is 0 Å². The first-order valence-corrected chi connectivity index (χ1v) is 8.53. The number of ether oxygens (including phenoxy) is 2. The van der Waals surface area contributed by atoms with Crippen LogP contribution in [0.15, 0.2) is 29.3 Å². The molecular formula is C18H31N3O2. The van der Waals surface area contributed by atoms with Crippen LogP contribution in [-0.4, -0.2) is 45.9 Å². The second kappa shape index (κ2) is 12.8. The Morgan fingerprint density at radius 2 is 1.87 bits per heavy atom. The molecule has 1 aromatic carbocycles. The number of guanidine groups is 1. The average Bonchev–Trinajstić information content (AvgIpc) is 2.59. The predicted octanol–water partition coefficient (Wildman–Crippen LogP) is 2.61. The molecule has 0 aliphatic heterocycles. The summed E-state index contributed by atoms with van der Waals surface area (Å²) in [4.78, 5) is 4.61.